The maximum absolute atomic E-state index is 11.5. The molecule has 0 atom stereocenters. The number of hydrogen-bond donors (Lipinski definition) is 1. The maximum atomic E-state index is 11.5. The van der Waals surface area contributed by atoms with Crippen LogP contribution in [0.3, 0.4) is 0 Å². The quantitative estimate of drug-likeness (QED) is 0.816. The van der Waals surface area contributed by atoms with Crippen LogP contribution in [0.25, 0.3) is 6.08 Å². The highest BCUT2D eigenvalue weighted by Crippen LogP contribution is 2.25. The Morgan fingerprint density at radius 3 is 2.65 bits per heavy atom. The number of nitrogens with one attached hydrogen (secondary N) is 1. The Labute approximate surface area is 107 Å². The van der Waals surface area contributed by atoms with Crippen LogP contribution in [0.2, 0.25) is 5.02 Å². The fraction of sp³-hybridized carbons (Fsp3) is 0.357. The zero-order chi connectivity index (χ0) is 12.1. The van der Waals surface area contributed by atoms with E-state index in [0.29, 0.717) is 10.9 Å². The highest BCUT2D eigenvalue weighted by atomic mass is 35.5. The zero-order valence-corrected chi connectivity index (χ0v) is 10.4. The highest BCUT2D eigenvalue weighted by Gasteiger charge is 2.17. The molecule has 1 aromatic carbocycles. The summed E-state index contributed by atoms with van der Waals surface area (Å²) in [7, 11) is 0. The van der Waals surface area contributed by atoms with Gasteiger partial charge in [-0.15, -0.1) is 0 Å². The molecule has 1 aliphatic rings. The molecule has 1 fully saturated rings. The molecular formula is C14H16ClNO. The predicted molar refractivity (Wildman–Crippen MR) is 70.8 cm³/mol. The van der Waals surface area contributed by atoms with Crippen molar-refractivity contribution in [1.29, 1.82) is 0 Å². The summed E-state index contributed by atoms with van der Waals surface area (Å²) in [6.07, 6.45) is 7.18. The van der Waals surface area contributed by atoms with Crippen molar-refractivity contribution < 1.29 is 4.79 Å². The Kier molecular flexibility index (Phi) is 4.21. The minimum Gasteiger partial charge on any atom is -0.352 e. The Morgan fingerprint density at radius 2 is 2.06 bits per heavy atom. The SMILES string of the molecule is O=C(/C=C/c1ccc(Cl)cc1)NCC1CCC1. The van der Waals surface area contributed by atoms with Crippen LogP contribution in [-0.2, 0) is 4.79 Å². The van der Waals surface area contributed by atoms with Crippen LogP contribution in [0.5, 0.6) is 0 Å². The molecule has 1 N–H and O–H groups in total. The monoisotopic (exact) mass is 249 g/mol. The molecular weight excluding hydrogens is 234 g/mol. The lowest BCUT2D eigenvalue weighted by Crippen LogP contribution is -2.30. The molecule has 3 heteroatoms. The van der Waals surface area contributed by atoms with Crippen LogP contribution in [0.15, 0.2) is 30.3 Å². The molecule has 0 saturated heterocycles. The molecule has 0 bridgehead atoms. The molecule has 0 aliphatic heterocycles. The minimum absolute atomic E-state index is 0.0214. The van der Waals surface area contributed by atoms with E-state index < -0.39 is 0 Å². The van der Waals surface area contributed by atoms with Gasteiger partial charge in [0, 0.05) is 17.6 Å². The van der Waals surface area contributed by atoms with E-state index in [1.165, 1.54) is 19.3 Å². The summed E-state index contributed by atoms with van der Waals surface area (Å²) in [4.78, 5) is 11.5. The molecule has 1 aromatic rings. The van der Waals surface area contributed by atoms with Gasteiger partial charge in [0.1, 0.15) is 0 Å². The van der Waals surface area contributed by atoms with Gasteiger partial charge in [0.05, 0.1) is 0 Å². The second kappa shape index (κ2) is 5.87. The third-order valence-electron chi connectivity index (χ3n) is 3.09. The second-order valence-electron chi connectivity index (χ2n) is 4.43. The van der Waals surface area contributed by atoms with Crippen molar-refractivity contribution in [1.82, 2.24) is 5.32 Å². The molecule has 0 unspecified atom stereocenters. The number of carbonyl (C=O) groups is 1. The normalized spacial score (nSPS) is 15.8. The third kappa shape index (κ3) is 3.90. The predicted octanol–water partition coefficient (Wildman–Crippen LogP) is 3.27. The van der Waals surface area contributed by atoms with Gasteiger partial charge in [-0.1, -0.05) is 30.2 Å². The molecule has 0 heterocycles. The van der Waals surface area contributed by atoms with Gasteiger partial charge in [0.15, 0.2) is 0 Å². The Hall–Kier alpha value is -1.28. The van der Waals surface area contributed by atoms with Crippen LogP contribution in [0, 0.1) is 5.92 Å². The van der Waals surface area contributed by atoms with E-state index in [0.717, 1.165) is 12.1 Å². The lowest BCUT2D eigenvalue weighted by Gasteiger charge is -2.24. The van der Waals surface area contributed by atoms with E-state index in [-0.39, 0.29) is 5.91 Å². The summed E-state index contributed by atoms with van der Waals surface area (Å²) in [5, 5.41) is 3.62. The van der Waals surface area contributed by atoms with Gasteiger partial charge >= 0.3 is 0 Å². The second-order valence-corrected chi connectivity index (χ2v) is 4.86. The summed E-state index contributed by atoms with van der Waals surface area (Å²) in [5.74, 6) is 0.676. The lowest BCUT2D eigenvalue weighted by molar-refractivity contribution is -0.116. The van der Waals surface area contributed by atoms with Crippen molar-refractivity contribution in [2.45, 2.75) is 19.3 Å². The topological polar surface area (TPSA) is 29.1 Å². The molecule has 90 valence electrons. The van der Waals surface area contributed by atoms with Crippen LogP contribution < -0.4 is 5.32 Å². The Morgan fingerprint density at radius 1 is 1.35 bits per heavy atom. The van der Waals surface area contributed by atoms with Crippen molar-refractivity contribution in [2.75, 3.05) is 6.54 Å². The molecule has 1 aliphatic carbocycles. The van der Waals surface area contributed by atoms with Gasteiger partial charge in [-0.2, -0.15) is 0 Å². The molecule has 2 rings (SSSR count). The highest BCUT2D eigenvalue weighted by molar-refractivity contribution is 6.30. The smallest absolute Gasteiger partial charge is 0.244 e. The van der Waals surface area contributed by atoms with Gasteiger partial charge in [-0.05, 0) is 42.5 Å². The Balaban J connectivity index is 1.78. The molecule has 1 saturated carbocycles. The summed E-state index contributed by atoms with van der Waals surface area (Å²) >= 11 is 5.78. The number of rotatable bonds is 4. The molecule has 17 heavy (non-hydrogen) atoms. The minimum atomic E-state index is -0.0214. The summed E-state index contributed by atoms with van der Waals surface area (Å²) in [6.45, 7) is 0.809. The molecule has 0 aromatic heterocycles. The van der Waals surface area contributed by atoms with Gasteiger partial charge in [-0.25, -0.2) is 0 Å². The molecule has 2 nitrogen and oxygen atoms in total. The Bertz CT molecular complexity index is 407. The summed E-state index contributed by atoms with van der Waals surface area (Å²) < 4.78 is 0. The van der Waals surface area contributed by atoms with Crippen molar-refractivity contribution >= 4 is 23.6 Å². The number of carbonyl (C=O) groups excluding carboxylic acids is 1. The van der Waals surface area contributed by atoms with E-state index in [1.54, 1.807) is 12.2 Å². The van der Waals surface area contributed by atoms with Crippen molar-refractivity contribution in [2.24, 2.45) is 5.92 Å². The average Bonchev–Trinajstić information content (AvgIpc) is 2.26. The number of benzene rings is 1. The first kappa shape index (κ1) is 12.2. The molecule has 1 amide bonds. The van der Waals surface area contributed by atoms with E-state index in [2.05, 4.69) is 5.32 Å². The molecule has 0 spiro atoms. The van der Waals surface area contributed by atoms with Crippen LogP contribution in [-0.4, -0.2) is 12.5 Å². The zero-order valence-electron chi connectivity index (χ0n) is 9.66. The number of halogens is 1. The van der Waals surface area contributed by atoms with Crippen molar-refractivity contribution in [3.8, 4) is 0 Å². The molecule has 0 radical (unpaired) electrons. The van der Waals surface area contributed by atoms with E-state index in [1.807, 2.05) is 24.3 Å². The van der Waals surface area contributed by atoms with E-state index in [9.17, 15) is 4.79 Å². The lowest BCUT2D eigenvalue weighted by atomic mass is 9.85. The van der Waals surface area contributed by atoms with Gasteiger partial charge < -0.3 is 5.32 Å². The van der Waals surface area contributed by atoms with Gasteiger partial charge in [0.2, 0.25) is 5.91 Å². The third-order valence-corrected chi connectivity index (χ3v) is 3.34. The van der Waals surface area contributed by atoms with Crippen LogP contribution in [0.1, 0.15) is 24.8 Å². The van der Waals surface area contributed by atoms with E-state index in [4.69, 9.17) is 11.6 Å². The first-order valence-corrected chi connectivity index (χ1v) is 6.33. The summed E-state index contributed by atoms with van der Waals surface area (Å²) in [5.41, 5.74) is 0.980. The fourth-order valence-electron chi connectivity index (χ4n) is 1.75. The fourth-order valence-corrected chi connectivity index (χ4v) is 1.87. The van der Waals surface area contributed by atoms with Crippen LogP contribution >= 0.6 is 11.6 Å². The van der Waals surface area contributed by atoms with Crippen molar-refractivity contribution in [3.05, 3.63) is 40.9 Å². The van der Waals surface area contributed by atoms with Crippen LogP contribution in [0.4, 0.5) is 0 Å². The first-order chi connectivity index (χ1) is 8.24. The largest absolute Gasteiger partial charge is 0.352 e. The van der Waals surface area contributed by atoms with Gasteiger partial charge in [0.25, 0.3) is 0 Å². The average molecular weight is 250 g/mol. The number of hydrogen-bond acceptors (Lipinski definition) is 1. The summed E-state index contributed by atoms with van der Waals surface area (Å²) in [6, 6.07) is 7.40. The number of amides is 1. The van der Waals surface area contributed by atoms with Gasteiger partial charge in [-0.3, -0.25) is 4.79 Å². The van der Waals surface area contributed by atoms with Crippen molar-refractivity contribution in [3.63, 3.8) is 0 Å². The van der Waals surface area contributed by atoms with E-state index >= 15 is 0 Å². The first-order valence-electron chi connectivity index (χ1n) is 5.95. The maximum Gasteiger partial charge on any atom is 0.244 e. The standard InChI is InChI=1S/C14H16ClNO/c15-13-7-4-11(5-8-13)6-9-14(17)16-10-12-2-1-3-12/h4-9,12H,1-3,10H2,(H,16,17)/b9-6+.